The van der Waals surface area contributed by atoms with Gasteiger partial charge in [0.1, 0.15) is 11.0 Å². The number of nitrogens with one attached hydrogen (secondary N) is 1. The highest BCUT2D eigenvalue weighted by atomic mass is 35.5. The van der Waals surface area contributed by atoms with Gasteiger partial charge in [0, 0.05) is 5.54 Å². The van der Waals surface area contributed by atoms with Crippen molar-refractivity contribution in [1.29, 1.82) is 0 Å². The SMILES string of the molecule is CCC(C)(CC)Nc1cncc(Cl)n1. The molecule has 1 aromatic rings. The van der Waals surface area contributed by atoms with E-state index in [0.717, 1.165) is 18.7 Å². The number of halogens is 1. The van der Waals surface area contributed by atoms with Crippen LogP contribution in [0.2, 0.25) is 5.15 Å². The van der Waals surface area contributed by atoms with Crippen LogP contribution >= 0.6 is 11.6 Å². The third-order valence-electron chi connectivity index (χ3n) is 2.60. The Bertz CT molecular complexity index is 297. The van der Waals surface area contributed by atoms with Gasteiger partial charge >= 0.3 is 0 Å². The lowest BCUT2D eigenvalue weighted by Gasteiger charge is -2.28. The Morgan fingerprint density at radius 2 is 2.00 bits per heavy atom. The maximum absolute atomic E-state index is 5.75. The lowest BCUT2D eigenvalue weighted by atomic mass is 9.96. The Balaban J connectivity index is 2.77. The molecule has 0 amide bonds. The van der Waals surface area contributed by atoms with Gasteiger partial charge in [-0.2, -0.15) is 0 Å². The molecule has 3 nitrogen and oxygen atoms in total. The Morgan fingerprint density at radius 1 is 1.36 bits per heavy atom. The van der Waals surface area contributed by atoms with Crippen LogP contribution in [-0.4, -0.2) is 15.5 Å². The van der Waals surface area contributed by atoms with E-state index in [1.165, 1.54) is 6.20 Å². The van der Waals surface area contributed by atoms with Gasteiger partial charge in [0.15, 0.2) is 0 Å². The van der Waals surface area contributed by atoms with E-state index >= 15 is 0 Å². The van der Waals surface area contributed by atoms with Crippen LogP contribution < -0.4 is 5.32 Å². The van der Waals surface area contributed by atoms with Gasteiger partial charge in [0.2, 0.25) is 0 Å². The third-order valence-corrected chi connectivity index (χ3v) is 2.78. The van der Waals surface area contributed by atoms with E-state index in [0.29, 0.717) is 5.15 Å². The summed E-state index contributed by atoms with van der Waals surface area (Å²) in [5.74, 6) is 0.740. The molecule has 1 heterocycles. The maximum Gasteiger partial charge on any atom is 0.149 e. The third kappa shape index (κ3) is 2.84. The molecule has 0 atom stereocenters. The van der Waals surface area contributed by atoms with Crippen LogP contribution in [0.4, 0.5) is 5.82 Å². The molecule has 0 aliphatic carbocycles. The summed E-state index contributed by atoms with van der Waals surface area (Å²) in [6, 6.07) is 0. The minimum atomic E-state index is 0.0688. The first kappa shape index (κ1) is 11.2. The summed E-state index contributed by atoms with van der Waals surface area (Å²) < 4.78 is 0. The first-order chi connectivity index (χ1) is 6.59. The smallest absolute Gasteiger partial charge is 0.149 e. The van der Waals surface area contributed by atoms with Gasteiger partial charge in [0.05, 0.1) is 12.4 Å². The molecule has 0 aliphatic rings. The topological polar surface area (TPSA) is 37.8 Å². The number of anilines is 1. The van der Waals surface area contributed by atoms with Crippen LogP contribution in [0, 0.1) is 0 Å². The minimum Gasteiger partial charge on any atom is -0.364 e. The molecular formula is C10H16ClN3. The fourth-order valence-corrected chi connectivity index (χ4v) is 1.29. The molecule has 1 N–H and O–H groups in total. The van der Waals surface area contributed by atoms with E-state index in [4.69, 9.17) is 11.6 Å². The van der Waals surface area contributed by atoms with Crippen LogP contribution in [-0.2, 0) is 0 Å². The summed E-state index contributed by atoms with van der Waals surface area (Å²) in [5, 5.41) is 3.76. The van der Waals surface area contributed by atoms with E-state index in [1.54, 1.807) is 6.20 Å². The van der Waals surface area contributed by atoms with Gasteiger partial charge in [-0.1, -0.05) is 25.4 Å². The number of aromatic nitrogens is 2. The summed E-state index contributed by atoms with van der Waals surface area (Å²) in [4.78, 5) is 8.13. The zero-order valence-electron chi connectivity index (χ0n) is 8.84. The average Bonchev–Trinajstić information content (AvgIpc) is 2.18. The molecule has 0 saturated heterocycles. The van der Waals surface area contributed by atoms with Gasteiger partial charge in [-0.3, -0.25) is 4.98 Å². The Morgan fingerprint density at radius 3 is 2.50 bits per heavy atom. The molecule has 78 valence electrons. The highest BCUT2D eigenvalue weighted by Crippen LogP contribution is 2.20. The molecule has 1 rings (SSSR count). The molecule has 14 heavy (non-hydrogen) atoms. The van der Waals surface area contributed by atoms with Crippen molar-refractivity contribution in [2.24, 2.45) is 0 Å². The summed E-state index contributed by atoms with van der Waals surface area (Å²) >= 11 is 5.75. The second-order valence-electron chi connectivity index (χ2n) is 3.62. The maximum atomic E-state index is 5.75. The Labute approximate surface area is 89.9 Å². The van der Waals surface area contributed by atoms with Crippen molar-refractivity contribution in [1.82, 2.24) is 9.97 Å². The van der Waals surface area contributed by atoms with Crippen molar-refractivity contribution in [3.05, 3.63) is 17.5 Å². The first-order valence-electron chi connectivity index (χ1n) is 4.85. The Kier molecular flexibility index (Phi) is 3.69. The molecule has 0 saturated carbocycles. The minimum absolute atomic E-state index is 0.0688. The van der Waals surface area contributed by atoms with Crippen LogP contribution in [0.15, 0.2) is 12.4 Å². The van der Waals surface area contributed by atoms with Crippen LogP contribution in [0.5, 0.6) is 0 Å². The first-order valence-corrected chi connectivity index (χ1v) is 5.23. The van der Waals surface area contributed by atoms with Crippen LogP contribution in [0.25, 0.3) is 0 Å². The fraction of sp³-hybridized carbons (Fsp3) is 0.600. The normalized spacial score (nSPS) is 11.4. The van der Waals surface area contributed by atoms with Gasteiger partial charge in [-0.25, -0.2) is 4.98 Å². The lowest BCUT2D eigenvalue weighted by molar-refractivity contribution is 0.476. The van der Waals surface area contributed by atoms with Gasteiger partial charge < -0.3 is 5.32 Å². The molecule has 0 spiro atoms. The monoisotopic (exact) mass is 213 g/mol. The highest BCUT2D eigenvalue weighted by Gasteiger charge is 2.19. The van der Waals surface area contributed by atoms with E-state index in [2.05, 4.69) is 36.1 Å². The van der Waals surface area contributed by atoms with Crippen LogP contribution in [0.3, 0.4) is 0 Å². The predicted molar refractivity (Wildman–Crippen MR) is 59.7 cm³/mol. The largest absolute Gasteiger partial charge is 0.364 e. The molecule has 0 aliphatic heterocycles. The zero-order valence-corrected chi connectivity index (χ0v) is 9.60. The van der Waals surface area contributed by atoms with Crippen molar-refractivity contribution >= 4 is 17.4 Å². The quantitative estimate of drug-likeness (QED) is 0.835. The number of nitrogens with zero attached hydrogens (tertiary/aromatic N) is 2. The second kappa shape index (κ2) is 4.60. The average molecular weight is 214 g/mol. The zero-order chi connectivity index (χ0) is 10.6. The standard InChI is InChI=1S/C10H16ClN3/c1-4-10(3,5-2)14-9-7-12-6-8(11)13-9/h6-7H,4-5H2,1-3H3,(H,13,14). The van der Waals surface area contributed by atoms with Gasteiger partial charge in [0.25, 0.3) is 0 Å². The Hall–Kier alpha value is -0.830. The molecule has 4 heteroatoms. The van der Waals surface area contributed by atoms with E-state index < -0.39 is 0 Å². The van der Waals surface area contributed by atoms with Crippen molar-refractivity contribution in [2.75, 3.05) is 5.32 Å². The molecule has 0 unspecified atom stereocenters. The number of hydrogen-bond acceptors (Lipinski definition) is 3. The van der Waals surface area contributed by atoms with E-state index in [1.807, 2.05) is 0 Å². The number of rotatable bonds is 4. The van der Waals surface area contributed by atoms with Gasteiger partial charge in [-0.05, 0) is 19.8 Å². The molecule has 0 radical (unpaired) electrons. The molecule has 0 bridgehead atoms. The highest BCUT2D eigenvalue weighted by molar-refractivity contribution is 6.29. The molecule has 1 aromatic heterocycles. The van der Waals surface area contributed by atoms with Crippen molar-refractivity contribution in [3.63, 3.8) is 0 Å². The van der Waals surface area contributed by atoms with Crippen molar-refractivity contribution < 1.29 is 0 Å². The van der Waals surface area contributed by atoms with Crippen molar-refractivity contribution in [3.8, 4) is 0 Å². The van der Waals surface area contributed by atoms with Crippen molar-refractivity contribution in [2.45, 2.75) is 39.2 Å². The summed E-state index contributed by atoms with van der Waals surface area (Å²) in [6.07, 6.45) is 5.30. The summed E-state index contributed by atoms with van der Waals surface area (Å²) in [7, 11) is 0. The lowest BCUT2D eigenvalue weighted by Crippen LogP contribution is -2.33. The predicted octanol–water partition coefficient (Wildman–Crippen LogP) is 3.12. The molecule has 0 fully saturated rings. The summed E-state index contributed by atoms with van der Waals surface area (Å²) in [5.41, 5.74) is 0.0688. The second-order valence-corrected chi connectivity index (χ2v) is 4.01. The van der Waals surface area contributed by atoms with Gasteiger partial charge in [-0.15, -0.1) is 0 Å². The summed E-state index contributed by atoms with van der Waals surface area (Å²) in [6.45, 7) is 6.46. The molecular weight excluding hydrogens is 198 g/mol. The molecule has 0 aromatic carbocycles. The number of hydrogen-bond donors (Lipinski definition) is 1. The fourth-order valence-electron chi connectivity index (χ4n) is 1.14. The van der Waals surface area contributed by atoms with E-state index in [-0.39, 0.29) is 5.54 Å². The van der Waals surface area contributed by atoms with E-state index in [9.17, 15) is 0 Å². The van der Waals surface area contributed by atoms with Crippen LogP contribution in [0.1, 0.15) is 33.6 Å².